The van der Waals surface area contributed by atoms with Crippen LogP contribution in [0.4, 0.5) is 5.69 Å². The number of hydrogen-bond donors (Lipinski definition) is 1. The number of rotatable bonds is 6. The van der Waals surface area contributed by atoms with Crippen LogP contribution in [0.1, 0.15) is 16.7 Å². The molecule has 116 valence electrons. The number of carbonyl (C=O) groups is 1. The Morgan fingerprint density at radius 2 is 1.82 bits per heavy atom. The molecule has 0 aliphatic carbocycles. The molecular weight excluding hydrogens is 278 g/mol. The number of amides is 1. The second-order valence-corrected chi connectivity index (χ2v) is 5.20. The molecule has 0 unspecified atom stereocenters. The number of ether oxygens (including phenoxy) is 2. The fourth-order valence-corrected chi connectivity index (χ4v) is 2.13. The summed E-state index contributed by atoms with van der Waals surface area (Å²) in [6, 6.07) is 13.4. The molecule has 0 saturated carbocycles. The van der Waals surface area contributed by atoms with Crippen LogP contribution >= 0.6 is 0 Å². The maximum absolute atomic E-state index is 11.8. The van der Waals surface area contributed by atoms with Gasteiger partial charge in [0.2, 0.25) is 5.91 Å². The molecule has 22 heavy (non-hydrogen) atoms. The molecular formula is C18H21NO3. The van der Waals surface area contributed by atoms with Crippen LogP contribution in [0.15, 0.2) is 42.5 Å². The van der Waals surface area contributed by atoms with Crippen LogP contribution in [0.5, 0.6) is 5.75 Å². The van der Waals surface area contributed by atoms with Gasteiger partial charge in [-0.25, -0.2) is 0 Å². The first-order valence-corrected chi connectivity index (χ1v) is 7.16. The molecule has 0 aliphatic heterocycles. The highest BCUT2D eigenvalue weighted by molar-refractivity contribution is 5.91. The van der Waals surface area contributed by atoms with Gasteiger partial charge in [0.05, 0.1) is 13.7 Å². The normalized spacial score (nSPS) is 10.3. The lowest BCUT2D eigenvalue weighted by Gasteiger charge is -2.09. The van der Waals surface area contributed by atoms with Gasteiger partial charge in [0.25, 0.3) is 0 Å². The van der Waals surface area contributed by atoms with Crippen molar-refractivity contribution in [3.63, 3.8) is 0 Å². The third-order valence-electron chi connectivity index (χ3n) is 3.36. The maximum Gasteiger partial charge on any atom is 0.250 e. The van der Waals surface area contributed by atoms with Gasteiger partial charge in [-0.1, -0.05) is 23.8 Å². The van der Waals surface area contributed by atoms with E-state index < -0.39 is 0 Å². The predicted octanol–water partition coefficient (Wildman–Crippen LogP) is 3.47. The third kappa shape index (κ3) is 4.60. The number of methoxy groups -OCH3 is 1. The second-order valence-electron chi connectivity index (χ2n) is 5.20. The van der Waals surface area contributed by atoms with Gasteiger partial charge in [-0.2, -0.15) is 0 Å². The van der Waals surface area contributed by atoms with E-state index in [2.05, 4.69) is 18.3 Å². The lowest BCUT2D eigenvalue weighted by molar-refractivity contribution is -0.121. The predicted molar refractivity (Wildman–Crippen MR) is 87.2 cm³/mol. The van der Waals surface area contributed by atoms with E-state index in [1.54, 1.807) is 31.4 Å². The summed E-state index contributed by atoms with van der Waals surface area (Å²) in [4.78, 5) is 11.8. The average Bonchev–Trinajstić information content (AvgIpc) is 2.50. The minimum Gasteiger partial charge on any atom is -0.497 e. The Hall–Kier alpha value is -2.33. The number of benzene rings is 2. The van der Waals surface area contributed by atoms with E-state index in [0.29, 0.717) is 6.61 Å². The zero-order valence-electron chi connectivity index (χ0n) is 13.2. The van der Waals surface area contributed by atoms with Gasteiger partial charge in [0.15, 0.2) is 0 Å². The van der Waals surface area contributed by atoms with Crippen molar-refractivity contribution in [3.05, 3.63) is 59.2 Å². The van der Waals surface area contributed by atoms with E-state index in [0.717, 1.165) is 17.0 Å². The largest absolute Gasteiger partial charge is 0.497 e. The minimum atomic E-state index is -0.171. The van der Waals surface area contributed by atoms with E-state index in [-0.39, 0.29) is 12.5 Å². The zero-order chi connectivity index (χ0) is 15.9. The summed E-state index contributed by atoms with van der Waals surface area (Å²) >= 11 is 0. The molecule has 0 saturated heterocycles. The van der Waals surface area contributed by atoms with Gasteiger partial charge >= 0.3 is 0 Å². The first-order chi connectivity index (χ1) is 10.6. The summed E-state index contributed by atoms with van der Waals surface area (Å²) in [5.74, 6) is 0.582. The number of anilines is 1. The van der Waals surface area contributed by atoms with Crippen LogP contribution in [-0.4, -0.2) is 19.6 Å². The van der Waals surface area contributed by atoms with Crippen molar-refractivity contribution in [2.24, 2.45) is 0 Å². The lowest BCUT2D eigenvalue weighted by Crippen LogP contribution is -2.18. The van der Waals surface area contributed by atoms with Gasteiger partial charge in [-0.15, -0.1) is 0 Å². The van der Waals surface area contributed by atoms with Crippen molar-refractivity contribution in [2.45, 2.75) is 20.5 Å². The topological polar surface area (TPSA) is 47.6 Å². The highest BCUT2D eigenvalue weighted by Gasteiger charge is 2.04. The van der Waals surface area contributed by atoms with Crippen molar-refractivity contribution < 1.29 is 14.3 Å². The van der Waals surface area contributed by atoms with Crippen LogP contribution in [0, 0.1) is 13.8 Å². The molecule has 0 aliphatic rings. The number of aryl methyl sites for hydroxylation is 2. The van der Waals surface area contributed by atoms with Gasteiger partial charge < -0.3 is 14.8 Å². The zero-order valence-corrected chi connectivity index (χ0v) is 13.2. The van der Waals surface area contributed by atoms with Crippen molar-refractivity contribution in [3.8, 4) is 5.75 Å². The Bertz CT molecular complexity index is 635. The summed E-state index contributed by atoms with van der Waals surface area (Å²) in [5.41, 5.74) is 4.22. The Balaban J connectivity index is 1.79. The number of nitrogens with one attached hydrogen (secondary N) is 1. The molecule has 1 N–H and O–H groups in total. The number of carbonyl (C=O) groups excluding carboxylic acids is 1. The molecule has 0 atom stereocenters. The Morgan fingerprint density at radius 3 is 2.45 bits per heavy atom. The molecule has 0 fully saturated rings. The molecule has 2 rings (SSSR count). The molecule has 0 spiro atoms. The Labute approximate surface area is 131 Å². The third-order valence-corrected chi connectivity index (χ3v) is 3.36. The van der Waals surface area contributed by atoms with Crippen molar-refractivity contribution in [2.75, 3.05) is 19.0 Å². The summed E-state index contributed by atoms with van der Waals surface area (Å²) in [6.45, 7) is 4.56. The first-order valence-electron chi connectivity index (χ1n) is 7.16. The summed E-state index contributed by atoms with van der Waals surface area (Å²) in [6.07, 6.45) is 0. The molecule has 1 amide bonds. The van der Waals surface area contributed by atoms with E-state index in [1.165, 1.54) is 11.1 Å². The second kappa shape index (κ2) is 7.61. The van der Waals surface area contributed by atoms with Crippen molar-refractivity contribution in [1.82, 2.24) is 0 Å². The highest BCUT2D eigenvalue weighted by Crippen LogP contribution is 2.15. The van der Waals surface area contributed by atoms with Crippen LogP contribution in [0.3, 0.4) is 0 Å². The van der Waals surface area contributed by atoms with Crippen molar-refractivity contribution >= 4 is 11.6 Å². The standard InChI is InChI=1S/C18H21NO3/c1-13-4-5-15(14(2)10-13)11-22-12-18(20)19-16-6-8-17(21-3)9-7-16/h4-10H,11-12H2,1-3H3,(H,19,20). The van der Waals surface area contributed by atoms with Gasteiger partial charge in [0.1, 0.15) is 12.4 Å². The smallest absolute Gasteiger partial charge is 0.250 e. The van der Waals surface area contributed by atoms with Gasteiger partial charge in [-0.3, -0.25) is 4.79 Å². The van der Waals surface area contributed by atoms with E-state index in [1.807, 2.05) is 19.1 Å². The quantitative estimate of drug-likeness (QED) is 0.888. The molecule has 4 heteroatoms. The Kier molecular flexibility index (Phi) is 5.55. The van der Waals surface area contributed by atoms with Gasteiger partial charge in [0, 0.05) is 5.69 Å². The molecule has 0 heterocycles. The monoisotopic (exact) mass is 299 g/mol. The Morgan fingerprint density at radius 1 is 1.09 bits per heavy atom. The van der Waals surface area contributed by atoms with E-state index >= 15 is 0 Å². The fourth-order valence-electron chi connectivity index (χ4n) is 2.13. The number of hydrogen-bond acceptors (Lipinski definition) is 3. The summed E-state index contributed by atoms with van der Waals surface area (Å²) < 4.78 is 10.6. The molecule has 4 nitrogen and oxygen atoms in total. The van der Waals surface area contributed by atoms with Crippen LogP contribution in [0.25, 0.3) is 0 Å². The first kappa shape index (κ1) is 16.0. The molecule has 2 aromatic carbocycles. The fraction of sp³-hybridized carbons (Fsp3) is 0.278. The van der Waals surface area contributed by atoms with Crippen molar-refractivity contribution in [1.29, 1.82) is 0 Å². The van der Waals surface area contributed by atoms with E-state index in [4.69, 9.17) is 9.47 Å². The van der Waals surface area contributed by atoms with Gasteiger partial charge in [-0.05, 0) is 49.2 Å². The lowest BCUT2D eigenvalue weighted by atomic mass is 10.1. The maximum atomic E-state index is 11.8. The van der Waals surface area contributed by atoms with Crippen LogP contribution in [-0.2, 0) is 16.1 Å². The summed E-state index contributed by atoms with van der Waals surface area (Å²) in [7, 11) is 1.61. The van der Waals surface area contributed by atoms with E-state index in [9.17, 15) is 4.79 Å². The summed E-state index contributed by atoms with van der Waals surface area (Å²) in [5, 5.41) is 2.78. The average molecular weight is 299 g/mol. The highest BCUT2D eigenvalue weighted by atomic mass is 16.5. The molecule has 0 aromatic heterocycles. The van der Waals surface area contributed by atoms with Crippen LogP contribution in [0.2, 0.25) is 0 Å². The molecule has 2 aromatic rings. The minimum absolute atomic E-state index is 0.0271. The molecule has 0 bridgehead atoms. The van der Waals surface area contributed by atoms with Crippen LogP contribution < -0.4 is 10.1 Å². The SMILES string of the molecule is COc1ccc(NC(=O)COCc2ccc(C)cc2C)cc1. The molecule has 0 radical (unpaired) electrons.